The molecule has 2 aliphatic rings. The number of aryl methyl sites for hydroxylation is 1. The first-order valence-electron chi connectivity index (χ1n) is 10.8. The summed E-state index contributed by atoms with van der Waals surface area (Å²) in [5.41, 5.74) is 2.05. The third-order valence-electron chi connectivity index (χ3n) is 6.53. The molecule has 0 aliphatic carbocycles. The molecule has 2 amide bonds. The average molecular weight is 443 g/mol. The summed E-state index contributed by atoms with van der Waals surface area (Å²) in [5.74, 6) is 0.897. The lowest BCUT2D eigenvalue weighted by atomic mass is 9.64. The normalized spacial score (nSPS) is 23.4. The quantitative estimate of drug-likeness (QED) is 0.651. The van der Waals surface area contributed by atoms with E-state index < -0.39 is 11.4 Å². The number of hydrogen-bond acceptors (Lipinski definition) is 6. The van der Waals surface area contributed by atoms with Gasteiger partial charge in [0, 0.05) is 29.7 Å². The van der Waals surface area contributed by atoms with E-state index in [1.165, 1.54) is 12.4 Å². The molecule has 0 saturated carbocycles. The predicted molar refractivity (Wildman–Crippen MR) is 118 cm³/mol. The number of amides is 2. The first-order valence-corrected chi connectivity index (χ1v) is 10.8. The van der Waals surface area contributed by atoms with Crippen molar-refractivity contribution in [3.05, 3.63) is 65.8 Å². The van der Waals surface area contributed by atoms with Gasteiger partial charge in [0.15, 0.2) is 17.5 Å². The van der Waals surface area contributed by atoms with E-state index in [2.05, 4.69) is 32.2 Å². The topological polar surface area (TPSA) is 108 Å². The molecule has 3 atom stereocenters. The summed E-state index contributed by atoms with van der Waals surface area (Å²) in [4.78, 5) is 32.2. The van der Waals surface area contributed by atoms with Crippen molar-refractivity contribution in [3.8, 4) is 17.5 Å². The number of nitriles is 1. The molecular formula is C24H22FN7O. The Kier molecular flexibility index (Phi) is 5.01. The third kappa shape index (κ3) is 3.57. The van der Waals surface area contributed by atoms with Crippen LogP contribution in [0.3, 0.4) is 0 Å². The largest absolute Gasteiger partial charge is 0.322 e. The number of hydrogen-bond donors (Lipinski definition) is 1. The number of fused-ring (bicyclic) bond motifs is 2. The first kappa shape index (κ1) is 20.9. The first-order chi connectivity index (χ1) is 15.9. The minimum Gasteiger partial charge on any atom is -0.308 e. The van der Waals surface area contributed by atoms with Crippen LogP contribution in [-0.4, -0.2) is 36.9 Å². The molecule has 8 nitrogen and oxygen atoms in total. The molecule has 0 spiro atoms. The highest BCUT2D eigenvalue weighted by Gasteiger charge is 2.60. The molecule has 33 heavy (non-hydrogen) atoms. The summed E-state index contributed by atoms with van der Waals surface area (Å²) >= 11 is 0. The maximum atomic E-state index is 13.4. The summed E-state index contributed by atoms with van der Waals surface area (Å²) in [6, 6.07) is 7.41. The van der Waals surface area contributed by atoms with Crippen LogP contribution in [0.2, 0.25) is 0 Å². The van der Waals surface area contributed by atoms with Crippen LogP contribution in [0.15, 0.2) is 43.0 Å². The van der Waals surface area contributed by atoms with Gasteiger partial charge in [-0.2, -0.15) is 5.26 Å². The number of carbonyl (C=O) groups is 1. The second-order valence-corrected chi connectivity index (χ2v) is 8.90. The second kappa shape index (κ2) is 7.89. The van der Waals surface area contributed by atoms with Gasteiger partial charge >= 0.3 is 6.03 Å². The summed E-state index contributed by atoms with van der Waals surface area (Å²) < 4.78 is 13.2. The maximum absolute atomic E-state index is 13.4. The molecule has 5 rings (SSSR count). The molecule has 2 aliphatic heterocycles. The molecule has 2 bridgehead atoms. The highest BCUT2D eigenvalue weighted by molar-refractivity contribution is 5.92. The fraction of sp³-hybridized carbons (Fsp3) is 0.333. The lowest BCUT2D eigenvalue weighted by Gasteiger charge is -2.62. The van der Waals surface area contributed by atoms with Crippen molar-refractivity contribution in [1.82, 2.24) is 24.8 Å². The Labute approximate surface area is 190 Å². The maximum Gasteiger partial charge on any atom is 0.322 e. The van der Waals surface area contributed by atoms with Crippen LogP contribution in [0.25, 0.3) is 11.4 Å². The molecule has 0 radical (unpaired) electrons. The zero-order valence-electron chi connectivity index (χ0n) is 18.3. The van der Waals surface area contributed by atoms with E-state index in [0.29, 0.717) is 28.8 Å². The number of rotatable bonds is 3. The molecule has 3 aromatic rings. The van der Waals surface area contributed by atoms with Gasteiger partial charge < -0.3 is 10.2 Å². The van der Waals surface area contributed by atoms with E-state index in [1.807, 2.05) is 30.0 Å². The van der Waals surface area contributed by atoms with Crippen LogP contribution < -0.4 is 5.32 Å². The van der Waals surface area contributed by atoms with Crippen molar-refractivity contribution >= 4 is 11.7 Å². The molecule has 1 aromatic carbocycles. The Morgan fingerprint density at radius 1 is 1.18 bits per heavy atom. The molecule has 166 valence electrons. The van der Waals surface area contributed by atoms with E-state index in [9.17, 15) is 9.18 Å². The number of urea groups is 1. The predicted octanol–water partition coefficient (Wildman–Crippen LogP) is 4.18. The van der Waals surface area contributed by atoms with Crippen LogP contribution in [-0.2, 0) is 5.54 Å². The standard InChI is InChI=1S/C24H22FN7O/c1-14-5-19-8-24(7-14,22-29-10-16(9-26)11-30-22)32(19)23(33)31-18-4-3-15(2)20(6-18)21-27-12-17(25)13-28-21/h3-4,6,10-14,19H,5,7-8H2,1-2H3,(H,31,33)/t14-,19+,24-/m1/s1. The number of nitrogens with one attached hydrogen (secondary N) is 1. The fourth-order valence-electron chi connectivity index (χ4n) is 5.16. The van der Waals surface area contributed by atoms with Gasteiger partial charge in [0.25, 0.3) is 0 Å². The second-order valence-electron chi connectivity index (χ2n) is 8.90. The number of carbonyl (C=O) groups excluding carboxylic acids is 1. The Morgan fingerprint density at radius 3 is 2.61 bits per heavy atom. The molecule has 0 unspecified atom stereocenters. The van der Waals surface area contributed by atoms with Gasteiger partial charge in [-0.1, -0.05) is 13.0 Å². The van der Waals surface area contributed by atoms with Crippen molar-refractivity contribution < 1.29 is 9.18 Å². The van der Waals surface area contributed by atoms with Crippen LogP contribution in [0.1, 0.15) is 43.1 Å². The summed E-state index contributed by atoms with van der Waals surface area (Å²) in [5, 5.41) is 12.1. The monoisotopic (exact) mass is 443 g/mol. The number of aromatic nitrogens is 4. The van der Waals surface area contributed by atoms with Gasteiger partial charge in [0.2, 0.25) is 0 Å². The van der Waals surface area contributed by atoms with E-state index >= 15 is 0 Å². The smallest absolute Gasteiger partial charge is 0.308 e. The molecule has 4 heterocycles. The Hall–Kier alpha value is -3.93. The number of piperidine rings is 1. The van der Waals surface area contributed by atoms with Crippen LogP contribution in [0.5, 0.6) is 0 Å². The number of benzene rings is 1. The van der Waals surface area contributed by atoms with Gasteiger partial charge in [-0.3, -0.25) is 0 Å². The SMILES string of the molecule is Cc1ccc(NC(=O)N2[C@H]3C[C@@H](C)C[C@]2(c2ncc(C#N)cn2)C3)cc1-c1ncc(F)cn1. The van der Waals surface area contributed by atoms with Crippen molar-refractivity contribution in [2.24, 2.45) is 5.92 Å². The Morgan fingerprint density at radius 2 is 1.91 bits per heavy atom. The van der Waals surface area contributed by atoms with E-state index in [0.717, 1.165) is 42.8 Å². The van der Waals surface area contributed by atoms with Gasteiger partial charge in [-0.25, -0.2) is 29.1 Å². The third-order valence-corrected chi connectivity index (χ3v) is 6.53. The van der Waals surface area contributed by atoms with Crippen molar-refractivity contribution in [1.29, 1.82) is 5.26 Å². The van der Waals surface area contributed by atoms with E-state index in [4.69, 9.17) is 5.26 Å². The summed E-state index contributed by atoms with van der Waals surface area (Å²) in [6.45, 7) is 4.08. The average Bonchev–Trinajstić information content (AvgIpc) is 2.80. The van der Waals surface area contributed by atoms with Crippen LogP contribution >= 0.6 is 0 Å². The van der Waals surface area contributed by atoms with E-state index in [-0.39, 0.29) is 12.1 Å². The number of halogens is 1. The molecule has 2 fully saturated rings. The molecule has 2 saturated heterocycles. The lowest BCUT2D eigenvalue weighted by molar-refractivity contribution is -0.100. The number of nitrogens with zero attached hydrogens (tertiary/aromatic N) is 6. The van der Waals surface area contributed by atoms with Crippen molar-refractivity contribution in [2.45, 2.75) is 44.7 Å². The lowest BCUT2D eigenvalue weighted by Crippen LogP contribution is -2.70. The van der Waals surface area contributed by atoms with Gasteiger partial charge in [-0.15, -0.1) is 0 Å². The van der Waals surface area contributed by atoms with Crippen molar-refractivity contribution in [2.75, 3.05) is 5.32 Å². The minimum absolute atomic E-state index is 0.110. The Bertz CT molecular complexity index is 1260. The molecule has 2 aromatic heterocycles. The fourth-order valence-corrected chi connectivity index (χ4v) is 5.16. The molecular weight excluding hydrogens is 421 g/mol. The van der Waals surface area contributed by atoms with Gasteiger partial charge in [0.1, 0.15) is 11.6 Å². The van der Waals surface area contributed by atoms with E-state index in [1.54, 1.807) is 6.07 Å². The Balaban J connectivity index is 1.43. The highest BCUT2D eigenvalue weighted by atomic mass is 19.1. The molecule has 1 N–H and O–H groups in total. The van der Waals surface area contributed by atoms with Crippen LogP contribution in [0, 0.1) is 30.0 Å². The summed E-state index contributed by atoms with van der Waals surface area (Å²) in [7, 11) is 0. The van der Waals surface area contributed by atoms with Crippen LogP contribution in [0.4, 0.5) is 14.9 Å². The summed E-state index contributed by atoms with van der Waals surface area (Å²) in [6.07, 6.45) is 7.76. The zero-order chi connectivity index (χ0) is 23.2. The van der Waals surface area contributed by atoms with Gasteiger partial charge in [-0.05, 0) is 49.8 Å². The van der Waals surface area contributed by atoms with Gasteiger partial charge in [0.05, 0.1) is 18.0 Å². The minimum atomic E-state index is -0.575. The van der Waals surface area contributed by atoms with Crippen molar-refractivity contribution in [3.63, 3.8) is 0 Å². The highest BCUT2D eigenvalue weighted by Crippen LogP contribution is 2.55. The number of anilines is 1. The molecule has 9 heteroatoms. The zero-order valence-corrected chi connectivity index (χ0v) is 18.3.